The number of unbranched alkanes of at least 4 members (excludes halogenated alkanes) is 1. The number of likely N-dealkylation sites (tertiary alicyclic amines) is 1. The van der Waals surface area contributed by atoms with Crippen molar-refractivity contribution in [1.82, 2.24) is 20.1 Å². The monoisotopic (exact) mass is 480 g/mol. The maximum Gasteiger partial charge on any atom is 0.308 e. The van der Waals surface area contributed by atoms with Gasteiger partial charge in [0.2, 0.25) is 0 Å². The molecule has 0 amide bonds. The van der Waals surface area contributed by atoms with Crippen molar-refractivity contribution in [2.24, 2.45) is 11.8 Å². The van der Waals surface area contributed by atoms with Gasteiger partial charge < -0.3 is 19.8 Å². The lowest BCUT2D eigenvalue weighted by atomic mass is 9.81. The maximum absolute atomic E-state index is 12.1. The van der Waals surface area contributed by atoms with E-state index < -0.39 is 18.0 Å². The molecule has 1 saturated heterocycles. The van der Waals surface area contributed by atoms with Crippen molar-refractivity contribution in [2.45, 2.75) is 51.6 Å². The number of ether oxygens (including phenoxy) is 1. The number of benzene rings is 1. The summed E-state index contributed by atoms with van der Waals surface area (Å²) in [5, 5.41) is 28.8. The third-order valence-electron chi connectivity index (χ3n) is 7.41. The van der Waals surface area contributed by atoms with Gasteiger partial charge >= 0.3 is 5.97 Å². The number of hydrogen-bond donors (Lipinski definition) is 3. The van der Waals surface area contributed by atoms with Crippen LogP contribution in [0.4, 0.5) is 0 Å². The lowest BCUT2D eigenvalue weighted by molar-refractivity contribution is -0.146. The van der Waals surface area contributed by atoms with Gasteiger partial charge in [-0.2, -0.15) is 5.10 Å². The Balaban J connectivity index is 1.30. The van der Waals surface area contributed by atoms with E-state index in [2.05, 4.69) is 20.1 Å². The molecule has 0 bridgehead atoms. The van der Waals surface area contributed by atoms with Crippen LogP contribution < -0.4 is 4.74 Å². The van der Waals surface area contributed by atoms with Crippen LogP contribution in [0.1, 0.15) is 55.0 Å². The second-order valence-corrected chi connectivity index (χ2v) is 9.65. The van der Waals surface area contributed by atoms with E-state index >= 15 is 0 Å². The highest BCUT2D eigenvalue weighted by Crippen LogP contribution is 2.33. The summed E-state index contributed by atoms with van der Waals surface area (Å²) in [4.78, 5) is 18.7. The number of nitrogens with zero attached hydrogens (tertiary/aromatic N) is 3. The lowest BCUT2D eigenvalue weighted by Gasteiger charge is -2.37. The Morgan fingerprint density at radius 2 is 2.17 bits per heavy atom. The zero-order chi connectivity index (χ0) is 24.8. The van der Waals surface area contributed by atoms with Crippen LogP contribution in [0, 0.1) is 18.8 Å². The fraction of sp³-hybridized carbons (Fsp3) is 0.519. The molecule has 3 atom stereocenters. The first kappa shape index (κ1) is 25.1. The van der Waals surface area contributed by atoms with Gasteiger partial charge in [0.25, 0.3) is 0 Å². The van der Waals surface area contributed by atoms with Crippen LogP contribution in [-0.2, 0) is 11.2 Å². The summed E-state index contributed by atoms with van der Waals surface area (Å²) in [5.41, 5.74) is 4.00. The molecule has 1 aliphatic heterocycles. The van der Waals surface area contributed by atoms with Crippen molar-refractivity contribution < 1.29 is 19.7 Å². The number of aliphatic hydroxyl groups is 1. The summed E-state index contributed by atoms with van der Waals surface area (Å²) in [6.45, 7) is 4.44. The summed E-state index contributed by atoms with van der Waals surface area (Å²) >= 11 is 0. The molecule has 3 aromatic rings. The minimum atomic E-state index is -0.734. The van der Waals surface area contributed by atoms with Crippen molar-refractivity contribution in [3.8, 4) is 5.75 Å². The molecule has 8 nitrogen and oxygen atoms in total. The quantitative estimate of drug-likeness (QED) is 0.354. The number of methoxy groups -OCH3 is 1. The molecule has 35 heavy (non-hydrogen) atoms. The fourth-order valence-electron chi connectivity index (χ4n) is 5.27. The van der Waals surface area contributed by atoms with Crippen LogP contribution in [-0.4, -0.2) is 63.0 Å². The molecule has 0 saturated carbocycles. The first-order chi connectivity index (χ1) is 17.0. The summed E-state index contributed by atoms with van der Waals surface area (Å²) in [5.74, 6) is -0.351. The molecule has 3 N–H and O–H groups in total. The Labute approximate surface area is 206 Å². The van der Waals surface area contributed by atoms with Crippen molar-refractivity contribution in [1.29, 1.82) is 0 Å². The van der Waals surface area contributed by atoms with Gasteiger partial charge in [-0.05, 0) is 99.8 Å². The molecule has 1 unspecified atom stereocenters. The summed E-state index contributed by atoms with van der Waals surface area (Å²) in [6.07, 6.45) is 8.07. The predicted octanol–water partition coefficient (Wildman–Crippen LogP) is 4.13. The van der Waals surface area contributed by atoms with Crippen LogP contribution in [0.5, 0.6) is 5.75 Å². The molecule has 1 fully saturated rings. The highest BCUT2D eigenvalue weighted by atomic mass is 16.5. The number of aryl methyl sites for hydroxylation is 2. The van der Waals surface area contributed by atoms with Gasteiger partial charge in [0.15, 0.2) is 0 Å². The molecule has 8 heteroatoms. The number of carboxylic acid groups (broad SMARTS) is 1. The number of pyridine rings is 1. The molecule has 1 aliphatic rings. The minimum absolute atomic E-state index is 0.0645. The third kappa shape index (κ3) is 6.18. The minimum Gasteiger partial charge on any atom is -0.497 e. The van der Waals surface area contributed by atoms with Crippen molar-refractivity contribution in [2.75, 3.05) is 26.7 Å². The number of fused-ring (bicyclic) bond motifs is 1. The molecular weight excluding hydrogens is 444 g/mol. The van der Waals surface area contributed by atoms with Crippen molar-refractivity contribution >= 4 is 16.9 Å². The topological polar surface area (TPSA) is 112 Å². The van der Waals surface area contributed by atoms with Crippen LogP contribution >= 0.6 is 0 Å². The molecular formula is C27H36N4O4. The Morgan fingerprint density at radius 1 is 1.31 bits per heavy atom. The molecule has 3 heterocycles. The normalized spacial score (nSPS) is 19.6. The number of hydrogen-bond acceptors (Lipinski definition) is 6. The van der Waals surface area contributed by atoms with Crippen molar-refractivity contribution in [3.63, 3.8) is 0 Å². The number of aromatic amines is 1. The third-order valence-corrected chi connectivity index (χ3v) is 7.41. The maximum atomic E-state index is 12.1. The standard InChI is InChI=1S/C27H36N4O4/c1-18-20(16-29-30-18)5-3-4-13-31-14-11-19(24(17-31)27(33)34)6-9-26(32)22-10-12-28-25-8-7-21(35-2)15-23(22)25/h7-8,10,12,15-16,19,24,26,32H,3-6,9,11,13-14,17H2,1-2H3,(H,29,30)(H,33,34)/t19-,24+,26?/m1/s1. The van der Waals surface area contributed by atoms with Crippen LogP contribution in [0.15, 0.2) is 36.7 Å². The van der Waals surface area contributed by atoms with Crippen molar-refractivity contribution in [3.05, 3.63) is 53.5 Å². The van der Waals surface area contributed by atoms with Gasteiger partial charge in [-0.15, -0.1) is 0 Å². The van der Waals surface area contributed by atoms with Crippen LogP contribution in [0.25, 0.3) is 10.9 Å². The van der Waals surface area contributed by atoms with Gasteiger partial charge in [-0.3, -0.25) is 14.9 Å². The SMILES string of the molecule is COc1ccc2nccc(C(O)CC[C@@H]3CCN(CCCCc4cn[nH]c4C)C[C@@H]3C(=O)O)c2c1. The van der Waals surface area contributed by atoms with Gasteiger partial charge in [0, 0.05) is 23.8 Å². The van der Waals surface area contributed by atoms with Crippen LogP contribution in [0.2, 0.25) is 0 Å². The number of aliphatic hydroxyl groups excluding tert-OH is 1. The summed E-state index contributed by atoms with van der Waals surface area (Å²) < 4.78 is 5.34. The van der Waals surface area contributed by atoms with E-state index in [1.165, 1.54) is 5.56 Å². The Kier molecular flexibility index (Phi) is 8.36. The Morgan fingerprint density at radius 3 is 2.91 bits per heavy atom. The molecule has 2 aromatic heterocycles. The smallest absolute Gasteiger partial charge is 0.308 e. The van der Waals surface area contributed by atoms with E-state index in [1.54, 1.807) is 13.3 Å². The number of H-pyrrole nitrogens is 1. The zero-order valence-corrected chi connectivity index (χ0v) is 20.6. The van der Waals surface area contributed by atoms with E-state index in [1.807, 2.05) is 37.4 Å². The zero-order valence-electron chi connectivity index (χ0n) is 20.6. The molecule has 0 spiro atoms. The van der Waals surface area contributed by atoms with Crippen LogP contribution in [0.3, 0.4) is 0 Å². The Bertz CT molecular complexity index is 1130. The Hall–Kier alpha value is -2.97. The summed E-state index contributed by atoms with van der Waals surface area (Å²) in [6, 6.07) is 7.48. The van der Waals surface area contributed by atoms with E-state index in [-0.39, 0.29) is 5.92 Å². The average molecular weight is 481 g/mol. The van der Waals surface area contributed by atoms with E-state index in [0.29, 0.717) is 19.4 Å². The summed E-state index contributed by atoms with van der Waals surface area (Å²) in [7, 11) is 1.62. The van der Waals surface area contributed by atoms with E-state index in [0.717, 1.165) is 66.7 Å². The van der Waals surface area contributed by atoms with E-state index in [9.17, 15) is 15.0 Å². The van der Waals surface area contributed by atoms with Gasteiger partial charge in [-0.25, -0.2) is 0 Å². The molecule has 1 aromatic carbocycles. The van der Waals surface area contributed by atoms with E-state index in [4.69, 9.17) is 4.74 Å². The average Bonchev–Trinajstić information content (AvgIpc) is 3.29. The highest BCUT2D eigenvalue weighted by Gasteiger charge is 2.34. The second kappa shape index (κ2) is 11.6. The number of rotatable bonds is 11. The number of carbonyl (C=O) groups is 1. The molecule has 4 rings (SSSR count). The van der Waals surface area contributed by atoms with Gasteiger partial charge in [0.1, 0.15) is 5.75 Å². The van der Waals surface area contributed by atoms with Gasteiger partial charge in [-0.1, -0.05) is 0 Å². The second-order valence-electron chi connectivity index (χ2n) is 9.65. The number of nitrogens with one attached hydrogen (secondary N) is 1. The number of carboxylic acids is 1. The molecule has 0 radical (unpaired) electrons. The first-order valence-electron chi connectivity index (χ1n) is 12.5. The lowest BCUT2D eigenvalue weighted by Crippen LogP contribution is -2.44. The fourth-order valence-corrected chi connectivity index (χ4v) is 5.27. The highest BCUT2D eigenvalue weighted by molar-refractivity contribution is 5.83. The largest absolute Gasteiger partial charge is 0.497 e. The predicted molar refractivity (Wildman–Crippen MR) is 134 cm³/mol. The molecule has 0 aliphatic carbocycles. The van der Waals surface area contributed by atoms with Gasteiger partial charge in [0.05, 0.1) is 30.8 Å². The first-order valence-corrected chi connectivity index (χ1v) is 12.5. The number of aliphatic carboxylic acids is 1. The number of piperidine rings is 1. The molecule has 188 valence electrons. The number of aromatic nitrogens is 3.